The van der Waals surface area contributed by atoms with E-state index >= 15 is 0 Å². The van der Waals surface area contributed by atoms with E-state index in [1.807, 2.05) is 30.3 Å². The van der Waals surface area contributed by atoms with Gasteiger partial charge in [0.05, 0.1) is 10.5 Å². The summed E-state index contributed by atoms with van der Waals surface area (Å²) in [6.07, 6.45) is 1.56. The molecule has 0 unspecified atom stereocenters. The lowest BCUT2D eigenvalue weighted by Crippen LogP contribution is -2.10. The van der Waals surface area contributed by atoms with Gasteiger partial charge in [0.2, 0.25) is 0 Å². The van der Waals surface area contributed by atoms with Gasteiger partial charge in [-0.2, -0.15) is 0 Å². The van der Waals surface area contributed by atoms with Crippen molar-refractivity contribution in [1.29, 1.82) is 0 Å². The first-order valence-corrected chi connectivity index (χ1v) is 6.88. The molecule has 0 aliphatic carbocycles. The number of para-hydroxylation sites is 1. The third-order valence-corrected chi connectivity index (χ3v) is 3.26. The molecule has 114 valence electrons. The van der Waals surface area contributed by atoms with Crippen LogP contribution in [-0.4, -0.2) is 22.5 Å². The number of nitrogens with zero attached hydrogens (tertiary/aromatic N) is 1. The minimum atomic E-state index is -1.19. The standard InChI is InChI=1S/C16H16N2O4/c19-16(20)13-9-4-10-14(18(21)22)15(13)17-11-5-8-12-6-2-1-3-7-12/h1-4,6-7,9-10,17H,5,8,11H2,(H,19,20). The summed E-state index contributed by atoms with van der Waals surface area (Å²) in [5.74, 6) is -1.19. The maximum Gasteiger partial charge on any atom is 0.338 e. The molecule has 6 heteroatoms. The lowest BCUT2D eigenvalue weighted by molar-refractivity contribution is -0.384. The van der Waals surface area contributed by atoms with Crippen molar-refractivity contribution in [2.24, 2.45) is 0 Å². The number of hydrogen-bond donors (Lipinski definition) is 2. The van der Waals surface area contributed by atoms with Gasteiger partial charge in [0.15, 0.2) is 0 Å². The summed E-state index contributed by atoms with van der Waals surface area (Å²) >= 11 is 0. The summed E-state index contributed by atoms with van der Waals surface area (Å²) in [6, 6.07) is 13.9. The molecule has 0 spiro atoms. The molecule has 22 heavy (non-hydrogen) atoms. The van der Waals surface area contributed by atoms with Crippen LogP contribution in [0.3, 0.4) is 0 Å². The van der Waals surface area contributed by atoms with Gasteiger partial charge in [0, 0.05) is 12.6 Å². The molecule has 6 nitrogen and oxygen atoms in total. The van der Waals surface area contributed by atoms with Gasteiger partial charge in [0.25, 0.3) is 5.69 Å². The summed E-state index contributed by atoms with van der Waals surface area (Å²) in [7, 11) is 0. The van der Waals surface area contributed by atoms with E-state index in [4.69, 9.17) is 5.11 Å². The maximum atomic E-state index is 11.2. The zero-order chi connectivity index (χ0) is 15.9. The van der Waals surface area contributed by atoms with Crippen LogP contribution in [0.25, 0.3) is 0 Å². The fourth-order valence-corrected chi connectivity index (χ4v) is 2.21. The summed E-state index contributed by atoms with van der Waals surface area (Å²) in [6.45, 7) is 0.458. The van der Waals surface area contributed by atoms with Gasteiger partial charge in [-0.25, -0.2) is 4.79 Å². The molecular formula is C16H16N2O4. The second-order valence-corrected chi connectivity index (χ2v) is 4.78. The van der Waals surface area contributed by atoms with E-state index in [0.29, 0.717) is 6.54 Å². The fourth-order valence-electron chi connectivity index (χ4n) is 2.21. The molecule has 0 saturated heterocycles. The molecule has 0 amide bonds. The third kappa shape index (κ3) is 3.82. The predicted octanol–water partition coefficient (Wildman–Crippen LogP) is 3.34. The highest BCUT2D eigenvalue weighted by Gasteiger charge is 2.20. The van der Waals surface area contributed by atoms with Crippen molar-refractivity contribution in [1.82, 2.24) is 0 Å². The number of rotatable bonds is 7. The quantitative estimate of drug-likeness (QED) is 0.465. The lowest BCUT2D eigenvalue weighted by Gasteiger charge is -2.10. The van der Waals surface area contributed by atoms with Crippen LogP contribution < -0.4 is 5.32 Å². The first-order chi connectivity index (χ1) is 10.6. The van der Waals surface area contributed by atoms with Crippen molar-refractivity contribution in [3.63, 3.8) is 0 Å². The number of hydrogen-bond acceptors (Lipinski definition) is 4. The highest BCUT2D eigenvalue weighted by atomic mass is 16.6. The van der Waals surface area contributed by atoms with Gasteiger partial charge in [-0.1, -0.05) is 36.4 Å². The van der Waals surface area contributed by atoms with Crippen LogP contribution in [0.15, 0.2) is 48.5 Å². The van der Waals surface area contributed by atoms with Crippen molar-refractivity contribution in [3.8, 4) is 0 Å². The Bertz CT molecular complexity index is 639. The number of anilines is 1. The Hall–Kier alpha value is -2.89. The highest BCUT2D eigenvalue weighted by molar-refractivity contribution is 5.96. The largest absolute Gasteiger partial charge is 0.478 e. The summed E-state index contributed by atoms with van der Waals surface area (Å²) in [5, 5.41) is 23.1. The molecule has 2 rings (SSSR count). The minimum absolute atomic E-state index is 0.0630. The average molecular weight is 300 g/mol. The number of aromatic carboxylic acids is 1. The van der Waals surface area contributed by atoms with Crippen LogP contribution >= 0.6 is 0 Å². The number of carbonyl (C=O) groups is 1. The van der Waals surface area contributed by atoms with Gasteiger partial charge in [-0.3, -0.25) is 10.1 Å². The predicted molar refractivity (Wildman–Crippen MR) is 83.3 cm³/mol. The molecule has 2 N–H and O–H groups in total. The molecule has 0 radical (unpaired) electrons. The first kappa shape index (κ1) is 15.5. The zero-order valence-electron chi connectivity index (χ0n) is 11.9. The molecule has 0 aromatic heterocycles. The molecule has 0 heterocycles. The smallest absolute Gasteiger partial charge is 0.338 e. The highest BCUT2D eigenvalue weighted by Crippen LogP contribution is 2.28. The number of carboxylic acids is 1. The molecule has 0 aliphatic rings. The Morgan fingerprint density at radius 3 is 2.50 bits per heavy atom. The second kappa shape index (κ2) is 7.21. The van der Waals surface area contributed by atoms with Gasteiger partial charge >= 0.3 is 5.97 Å². The fraction of sp³-hybridized carbons (Fsp3) is 0.188. The Morgan fingerprint density at radius 1 is 1.14 bits per heavy atom. The molecule has 2 aromatic rings. The zero-order valence-corrected chi connectivity index (χ0v) is 11.9. The van der Waals surface area contributed by atoms with Crippen LogP contribution in [0.4, 0.5) is 11.4 Å². The minimum Gasteiger partial charge on any atom is -0.478 e. The van der Waals surface area contributed by atoms with Crippen molar-refractivity contribution in [2.75, 3.05) is 11.9 Å². The number of nitrogens with one attached hydrogen (secondary N) is 1. The Kier molecular flexibility index (Phi) is 5.08. The molecule has 0 atom stereocenters. The van der Waals surface area contributed by atoms with Gasteiger partial charge < -0.3 is 10.4 Å². The second-order valence-electron chi connectivity index (χ2n) is 4.78. The van der Waals surface area contributed by atoms with Gasteiger partial charge in [0.1, 0.15) is 5.69 Å². The van der Waals surface area contributed by atoms with Crippen molar-refractivity contribution in [3.05, 3.63) is 69.8 Å². The summed E-state index contributed by atoms with van der Waals surface area (Å²) in [5.41, 5.74) is 0.923. The van der Waals surface area contributed by atoms with Crippen molar-refractivity contribution in [2.45, 2.75) is 12.8 Å². The number of benzene rings is 2. The topological polar surface area (TPSA) is 92.5 Å². The summed E-state index contributed by atoms with van der Waals surface area (Å²) < 4.78 is 0. The summed E-state index contributed by atoms with van der Waals surface area (Å²) in [4.78, 5) is 21.6. The van der Waals surface area contributed by atoms with Crippen molar-refractivity contribution < 1.29 is 14.8 Å². The van der Waals surface area contributed by atoms with E-state index in [9.17, 15) is 14.9 Å². The first-order valence-electron chi connectivity index (χ1n) is 6.88. The molecule has 0 bridgehead atoms. The van der Waals surface area contributed by atoms with E-state index in [-0.39, 0.29) is 16.9 Å². The third-order valence-electron chi connectivity index (χ3n) is 3.26. The van der Waals surface area contributed by atoms with Gasteiger partial charge in [-0.05, 0) is 24.5 Å². The number of nitro groups is 1. The van der Waals surface area contributed by atoms with E-state index in [0.717, 1.165) is 12.8 Å². The van der Waals surface area contributed by atoms with Gasteiger partial charge in [-0.15, -0.1) is 0 Å². The molecule has 0 saturated carbocycles. The van der Waals surface area contributed by atoms with Crippen molar-refractivity contribution >= 4 is 17.3 Å². The van der Waals surface area contributed by atoms with E-state index < -0.39 is 10.9 Å². The van der Waals surface area contributed by atoms with E-state index in [2.05, 4.69) is 5.32 Å². The number of carboxylic acid groups (broad SMARTS) is 1. The number of nitro benzene ring substituents is 1. The monoisotopic (exact) mass is 300 g/mol. The molecule has 2 aromatic carbocycles. The Balaban J connectivity index is 2.05. The van der Waals surface area contributed by atoms with Crippen LogP contribution in [0.2, 0.25) is 0 Å². The Labute approximate surface area is 127 Å². The SMILES string of the molecule is O=C(O)c1cccc([N+](=O)[O-])c1NCCCc1ccccc1. The molecule has 0 aliphatic heterocycles. The van der Waals surface area contributed by atoms with Crippen LogP contribution in [0, 0.1) is 10.1 Å². The molecular weight excluding hydrogens is 284 g/mol. The Morgan fingerprint density at radius 2 is 1.86 bits per heavy atom. The van der Waals surface area contributed by atoms with E-state index in [1.165, 1.54) is 23.8 Å². The molecule has 0 fully saturated rings. The lowest BCUT2D eigenvalue weighted by atomic mass is 10.1. The average Bonchev–Trinajstić information content (AvgIpc) is 2.52. The van der Waals surface area contributed by atoms with Crippen LogP contribution in [0.5, 0.6) is 0 Å². The number of aryl methyl sites for hydroxylation is 1. The van der Waals surface area contributed by atoms with E-state index in [1.54, 1.807) is 0 Å². The van der Waals surface area contributed by atoms with Crippen LogP contribution in [-0.2, 0) is 6.42 Å². The maximum absolute atomic E-state index is 11.2. The normalized spacial score (nSPS) is 10.2. The van der Waals surface area contributed by atoms with Crippen LogP contribution in [0.1, 0.15) is 22.3 Å².